The van der Waals surface area contributed by atoms with Gasteiger partial charge in [-0.1, -0.05) is 67.6 Å². The minimum Gasteiger partial charge on any atom is -0.478 e. The van der Waals surface area contributed by atoms with E-state index in [0.29, 0.717) is 31.3 Å². The molecule has 0 aromatic heterocycles. The van der Waals surface area contributed by atoms with E-state index in [1.807, 2.05) is 18.2 Å². The quantitative estimate of drug-likeness (QED) is 0.629. The van der Waals surface area contributed by atoms with Gasteiger partial charge in [0.15, 0.2) is 5.79 Å². The highest BCUT2D eigenvalue weighted by Gasteiger charge is 2.40. The standard InChI is InChI=1S/C21H27NO2.C4H4O4/c1-4-21(19-13-9-6-10-14-19)23-15-18(16-24-21)20(22(2)3)17-11-7-5-8-12-17;5-3(6)1-2-4(7)8/h5-14,18,20H,4,15-16H2,1-3H3;1-2H,(H,5,6)(H,7,8)/b;2-1-. The Morgan fingerprint density at radius 3 is 1.84 bits per heavy atom. The zero-order valence-corrected chi connectivity index (χ0v) is 18.7. The molecule has 1 saturated heterocycles. The maximum absolute atomic E-state index is 9.55. The summed E-state index contributed by atoms with van der Waals surface area (Å²) in [6, 6.07) is 21.2. The molecule has 3 rings (SSSR count). The molecule has 1 unspecified atom stereocenters. The van der Waals surface area contributed by atoms with E-state index < -0.39 is 17.7 Å². The van der Waals surface area contributed by atoms with E-state index in [-0.39, 0.29) is 6.04 Å². The largest absolute Gasteiger partial charge is 0.478 e. The predicted octanol–water partition coefficient (Wildman–Crippen LogP) is 3.93. The average molecular weight is 442 g/mol. The highest BCUT2D eigenvalue weighted by molar-refractivity contribution is 5.89. The summed E-state index contributed by atoms with van der Waals surface area (Å²) in [4.78, 5) is 21.4. The average Bonchev–Trinajstić information content (AvgIpc) is 2.80. The first kappa shape index (κ1) is 25.3. The van der Waals surface area contributed by atoms with E-state index in [1.165, 1.54) is 5.56 Å². The van der Waals surface area contributed by atoms with Gasteiger partial charge < -0.3 is 24.6 Å². The van der Waals surface area contributed by atoms with E-state index >= 15 is 0 Å². The fourth-order valence-corrected chi connectivity index (χ4v) is 3.81. The summed E-state index contributed by atoms with van der Waals surface area (Å²) in [5.74, 6) is -2.81. The molecule has 0 amide bonds. The maximum Gasteiger partial charge on any atom is 0.328 e. The van der Waals surface area contributed by atoms with Crippen LogP contribution < -0.4 is 0 Å². The van der Waals surface area contributed by atoms with Gasteiger partial charge in [0.2, 0.25) is 0 Å². The molecule has 2 aromatic rings. The Morgan fingerprint density at radius 1 is 0.969 bits per heavy atom. The Hall–Kier alpha value is -3.00. The third-order valence-corrected chi connectivity index (χ3v) is 5.25. The van der Waals surface area contributed by atoms with E-state index in [0.717, 1.165) is 12.0 Å². The molecule has 0 radical (unpaired) electrons. The Bertz CT molecular complexity index is 858. The van der Waals surface area contributed by atoms with Crippen molar-refractivity contribution in [2.24, 2.45) is 5.92 Å². The molecule has 2 N–H and O–H groups in total. The Labute approximate surface area is 188 Å². The van der Waals surface area contributed by atoms with Crippen molar-refractivity contribution in [2.75, 3.05) is 27.3 Å². The zero-order chi connectivity index (χ0) is 23.6. The van der Waals surface area contributed by atoms with E-state index in [1.54, 1.807) is 0 Å². The van der Waals surface area contributed by atoms with Gasteiger partial charge >= 0.3 is 11.9 Å². The summed E-state index contributed by atoms with van der Waals surface area (Å²) >= 11 is 0. The second-order valence-corrected chi connectivity index (χ2v) is 7.68. The molecule has 0 bridgehead atoms. The minimum atomic E-state index is -1.26. The Balaban J connectivity index is 0.000000390. The van der Waals surface area contributed by atoms with E-state index in [2.05, 4.69) is 68.4 Å². The van der Waals surface area contributed by atoms with Crippen molar-refractivity contribution in [1.82, 2.24) is 4.90 Å². The van der Waals surface area contributed by atoms with Gasteiger partial charge in [-0.05, 0) is 19.7 Å². The van der Waals surface area contributed by atoms with Gasteiger partial charge in [0.1, 0.15) is 0 Å². The van der Waals surface area contributed by atoms with Crippen molar-refractivity contribution in [1.29, 1.82) is 0 Å². The fourth-order valence-electron chi connectivity index (χ4n) is 3.81. The second kappa shape index (κ2) is 12.1. The maximum atomic E-state index is 9.55. The van der Waals surface area contributed by atoms with Crippen molar-refractivity contribution in [2.45, 2.75) is 25.2 Å². The van der Waals surface area contributed by atoms with Gasteiger partial charge in [-0.3, -0.25) is 0 Å². The number of carboxylic acids is 2. The summed E-state index contributed by atoms with van der Waals surface area (Å²) < 4.78 is 12.6. The molecule has 1 aliphatic heterocycles. The van der Waals surface area contributed by atoms with Crippen molar-refractivity contribution in [3.8, 4) is 0 Å². The Morgan fingerprint density at radius 2 is 1.44 bits per heavy atom. The monoisotopic (exact) mass is 441 g/mol. The number of nitrogens with zero attached hydrogens (tertiary/aromatic N) is 1. The number of ether oxygens (including phenoxy) is 2. The SMILES string of the molecule is CCC1(c2ccccc2)OCC(C(c2ccccc2)N(C)C)CO1.O=C(O)/C=C\C(=O)O. The van der Waals surface area contributed by atoms with Crippen LogP contribution in [-0.2, 0) is 24.8 Å². The van der Waals surface area contributed by atoms with Crippen molar-refractivity contribution >= 4 is 11.9 Å². The minimum absolute atomic E-state index is 0.289. The summed E-state index contributed by atoms with van der Waals surface area (Å²) in [5, 5.41) is 15.6. The number of aliphatic carboxylic acids is 2. The molecule has 1 atom stereocenters. The van der Waals surface area contributed by atoms with Gasteiger partial charge in [0.25, 0.3) is 0 Å². The number of carbonyl (C=O) groups is 2. The van der Waals surface area contributed by atoms with Crippen LogP contribution in [0.1, 0.15) is 30.5 Å². The van der Waals surface area contributed by atoms with Gasteiger partial charge in [-0.2, -0.15) is 0 Å². The molecule has 0 aliphatic carbocycles. The number of hydrogen-bond donors (Lipinski definition) is 2. The third-order valence-electron chi connectivity index (χ3n) is 5.25. The molecule has 1 aliphatic rings. The summed E-state index contributed by atoms with van der Waals surface area (Å²) in [6.07, 6.45) is 1.92. The van der Waals surface area contributed by atoms with Crippen molar-refractivity contribution in [3.05, 3.63) is 83.9 Å². The molecular formula is C25H31NO6. The lowest BCUT2D eigenvalue weighted by Gasteiger charge is -2.43. The first-order valence-corrected chi connectivity index (χ1v) is 10.5. The summed E-state index contributed by atoms with van der Waals surface area (Å²) in [7, 11) is 4.24. The lowest BCUT2D eigenvalue weighted by Crippen LogP contribution is -2.45. The van der Waals surface area contributed by atoms with E-state index in [9.17, 15) is 9.59 Å². The highest BCUT2D eigenvalue weighted by atomic mass is 16.7. The molecule has 7 nitrogen and oxygen atoms in total. The number of carboxylic acid groups (broad SMARTS) is 2. The summed E-state index contributed by atoms with van der Waals surface area (Å²) in [5.41, 5.74) is 2.41. The molecule has 0 spiro atoms. The Kier molecular flexibility index (Phi) is 9.59. The molecule has 2 aromatic carbocycles. The second-order valence-electron chi connectivity index (χ2n) is 7.68. The van der Waals surface area contributed by atoms with Crippen molar-refractivity contribution < 1.29 is 29.3 Å². The third kappa shape index (κ3) is 7.02. The molecule has 1 heterocycles. The van der Waals surface area contributed by atoms with Crippen molar-refractivity contribution in [3.63, 3.8) is 0 Å². The van der Waals surface area contributed by atoms with Crippen LogP contribution in [0.25, 0.3) is 0 Å². The smallest absolute Gasteiger partial charge is 0.328 e. The fraction of sp³-hybridized carbons (Fsp3) is 0.360. The first-order valence-electron chi connectivity index (χ1n) is 10.5. The van der Waals surface area contributed by atoms with Gasteiger partial charge in [0.05, 0.1) is 13.2 Å². The normalized spacial score (nSPS) is 21.6. The van der Waals surface area contributed by atoms with Crippen LogP contribution in [0.15, 0.2) is 72.8 Å². The van der Waals surface area contributed by atoms with Gasteiger partial charge in [-0.25, -0.2) is 9.59 Å². The van der Waals surface area contributed by atoms with Gasteiger partial charge in [0, 0.05) is 36.1 Å². The predicted molar refractivity (Wildman–Crippen MR) is 121 cm³/mol. The van der Waals surface area contributed by atoms with Crippen LogP contribution in [0.5, 0.6) is 0 Å². The molecule has 7 heteroatoms. The van der Waals surface area contributed by atoms with Crippen LogP contribution in [0.4, 0.5) is 0 Å². The topological polar surface area (TPSA) is 96.3 Å². The summed E-state index contributed by atoms with van der Waals surface area (Å²) in [6.45, 7) is 3.51. The lowest BCUT2D eigenvalue weighted by molar-refractivity contribution is -0.299. The zero-order valence-electron chi connectivity index (χ0n) is 18.7. The van der Waals surface area contributed by atoms with E-state index in [4.69, 9.17) is 19.7 Å². The molecule has 0 saturated carbocycles. The lowest BCUT2D eigenvalue weighted by atomic mass is 9.91. The molecule has 172 valence electrons. The number of benzene rings is 2. The van der Waals surface area contributed by atoms with Crippen LogP contribution in [0.3, 0.4) is 0 Å². The van der Waals surface area contributed by atoms with Crippen LogP contribution in [-0.4, -0.2) is 54.4 Å². The van der Waals surface area contributed by atoms with Crippen LogP contribution in [0, 0.1) is 5.92 Å². The van der Waals surface area contributed by atoms with Crippen LogP contribution >= 0.6 is 0 Å². The first-order chi connectivity index (χ1) is 15.3. The number of hydrogen-bond acceptors (Lipinski definition) is 5. The van der Waals surface area contributed by atoms with Crippen LogP contribution in [0.2, 0.25) is 0 Å². The van der Waals surface area contributed by atoms with Gasteiger partial charge in [-0.15, -0.1) is 0 Å². The molecule has 32 heavy (non-hydrogen) atoms. The molecule has 1 fully saturated rings. The highest BCUT2D eigenvalue weighted by Crippen LogP contribution is 2.39. The number of rotatable bonds is 7. The molecular weight excluding hydrogens is 410 g/mol.